The lowest BCUT2D eigenvalue weighted by Crippen LogP contribution is -2.07. The number of hydrogen-bond acceptors (Lipinski definition) is 4. The molecule has 0 bridgehead atoms. The molecule has 0 amide bonds. The summed E-state index contributed by atoms with van der Waals surface area (Å²) in [5.74, 6) is -0.813. The Morgan fingerprint density at radius 1 is 1.47 bits per heavy atom. The van der Waals surface area contributed by atoms with Crippen molar-refractivity contribution in [1.82, 2.24) is 0 Å². The van der Waals surface area contributed by atoms with Gasteiger partial charge < -0.3 is 14.6 Å². The summed E-state index contributed by atoms with van der Waals surface area (Å²) in [5.41, 5.74) is 0.165. The Kier molecular flexibility index (Phi) is 4.68. The molecule has 0 unspecified atom stereocenters. The fourth-order valence-electron chi connectivity index (χ4n) is 1.34. The maximum atomic E-state index is 12.1. The van der Waals surface area contributed by atoms with Crippen molar-refractivity contribution >= 4 is 5.97 Å². The first-order valence-electron chi connectivity index (χ1n) is 4.87. The van der Waals surface area contributed by atoms with Crippen molar-refractivity contribution in [3.63, 3.8) is 0 Å². The highest BCUT2D eigenvalue weighted by Gasteiger charge is 2.14. The SMILES string of the molecule is COC(=O)CCc1c(O)cccc1OC(F)F. The van der Waals surface area contributed by atoms with Gasteiger partial charge in [-0.1, -0.05) is 6.07 Å². The number of hydrogen-bond donors (Lipinski definition) is 1. The molecule has 6 heteroatoms. The van der Waals surface area contributed by atoms with E-state index < -0.39 is 12.6 Å². The van der Waals surface area contributed by atoms with Gasteiger partial charge in [0, 0.05) is 12.0 Å². The van der Waals surface area contributed by atoms with Gasteiger partial charge in [0.2, 0.25) is 0 Å². The van der Waals surface area contributed by atoms with Crippen molar-refractivity contribution in [3.8, 4) is 11.5 Å². The molecule has 0 aliphatic rings. The zero-order valence-corrected chi connectivity index (χ0v) is 9.15. The monoisotopic (exact) mass is 246 g/mol. The van der Waals surface area contributed by atoms with Gasteiger partial charge in [-0.3, -0.25) is 4.79 Å². The number of esters is 1. The van der Waals surface area contributed by atoms with Gasteiger partial charge in [0.1, 0.15) is 11.5 Å². The van der Waals surface area contributed by atoms with Crippen molar-refractivity contribution in [2.45, 2.75) is 19.5 Å². The Labute approximate surface area is 96.8 Å². The number of ether oxygens (including phenoxy) is 2. The summed E-state index contributed by atoms with van der Waals surface area (Å²) in [4.78, 5) is 10.9. The maximum absolute atomic E-state index is 12.1. The summed E-state index contributed by atoms with van der Waals surface area (Å²) in [6.45, 7) is -2.98. The summed E-state index contributed by atoms with van der Waals surface area (Å²) < 4.78 is 32.9. The molecule has 4 nitrogen and oxygen atoms in total. The molecule has 0 aromatic heterocycles. The van der Waals surface area contributed by atoms with Gasteiger partial charge in [-0.2, -0.15) is 8.78 Å². The number of methoxy groups -OCH3 is 1. The van der Waals surface area contributed by atoms with Crippen LogP contribution < -0.4 is 4.74 Å². The molecule has 1 aromatic carbocycles. The lowest BCUT2D eigenvalue weighted by Gasteiger charge is -2.11. The highest BCUT2D eigenvalue weighted by atomic mass is 19.3. The van der Waals surface area contributed by atoms with Crippen molar-refractivity contribution in [2.24, 2.45) is 0 Å². The van der Waals surface area contributed by atoms with Crippen LogP contribution in [0.2, 0.25) is 0 Å². The predicted octanol–water partition coefficient (Wildman–Crippen LogP) is 2.10. The lowest BCUT2D eigenvalue weighted by molar-refractivity contribution is -0.140. The molecule has 0 aliphatic heterocycles. The van der Waals surface area contributed by atoms with Gasteiger partial charge >= 0.3 is 12.6 Å². The molecule has 0 saturated heterocycles. The van der Waals surface area contributed by atoms with E-state index in [1.807, 2.05) is 0 Å². The number of phenolic OH excluding ortho intramolecular Hbond substituents is 1. The minimum atomic E-state index is -2.98. The molecule has 1 rings (SSSR count). The summed E-state index contributed by atoms with van der Waals surface area (Å²) in [5, 5.41) is 9.51. The fraction of sp³-hybridized carbons (Fsp3) is 0.364. The van der Waals surface area contributed by atoms with Crippen LogP contribution in [0.25, 0.3) is 0 Å². The number of halogens is 2. The first kappa shape index (κ1) is 13.2. The van der Waals surface area contributed by atoms with Gasteiger partial charge in [0.15, 0.2) is 0 Å². The van der Waals surface area contributed by atoms with Gasteiger partial charge in [-0.15, -0.1) is 0 Å². The van der Waals surface area contributed by atoms with Gasteiger partial charge in [0.25, 0.3) is 0 Å². The molecule has 0 fully saturated rings. The topological polar surface area (TPSA) is 55.8 Å². The quantitative estimate of drug-likeness (QED) is 0.808. The Morgan fingerprint density at radius 2 is 2.18 bits per heavy atom. The highest BCUT2D eigenvalue weighted by molar-refractivity contribution is 5.69. The summed E-state index contributed by atoms with van der Waals surface area (Å²) in [7, 11) is 1.23. The third-order valence-corrected chi connectivity index (χ3v) is 2.13. The molecule has 1 aromatic rings. The second-order valence-electron chi connectivity index (χ2n) is 3.21. The average Bonchev–Trinajstić information content (AvgIpc) is 2.27. The molecule has 0 radical (unpaired) electrons. The lowest BCUT2D eigenvalue weighted by atomic mass is 10.1. The Morgan fingerprint density at radius 3 is 2.76 bits per heavy atom. The molecular formula is C11H12F2O4. The average molecular weight is 246 g/mol. The number of aromatic hydroxyl groups is 1. The fourth-order valence-corrected chi connectivity index (χ4v) is 1.34. The number of phenols is 1. The molecule has 0 aliphatic carbocycles. The zero-order chi connectivity index (χ0) is 12.8. The molecule has 1 N–H and O–H groups in total. The van der Waals surface area contributed by atoms with Crippen molar-refractivity contribution < 1.29 is 28.2 Å². The molecule has 0 heterocycles. The Bertz CT molecular complexity index is 393. The van der Waals surface area contributed by atoms with E-state index in [0.717, 1.165) is 0 Å². The summed E-state index contributed by atoms with van der Waals surface area (Å²) in [6, 6.07) is 4.03. The van der Waals surface area contributed by atoms with Crippen LogP contribution in [-0.4, -0.2) is 24.8 Å². The first-order valence-corrected chi connectivity index (χ1v) is 4.87. The summed E-state index contributed by atoms with van der Waals surface area (Å²) >= 11 is 0. The van der Waals surface area contributed by atoms with Crippen LogP contribution in [0.5, 0.6) is 11.5 Å². The molecule has 0 spiro atoms. The van der Waals surface area contributed by atoms with Crippen molar-refractivity contribution in [2.75, 3.05) is 7.11 Å². The molecule has 17 heavy (non-hydrogen) atoms. The zero-order valence-electron chi connectivity index (χ0n) is 9.15. The predicted molar refractivity (Wildman–Crippen MR) is 55.1 cm³/mol. The van der Waals surface area contributed by atoms with E-state index in [1.165, 1.54) is 25.3 Å². The van der Waals surface area contributed by atoms with Crippen LogP contribution in [-0.2, 0) is 16.0 Å². The van der Waals surface area contributed by atoms with Crippen LogP contribution >= 0.6 is 0 Å². The van der Waals surface area contributed by atoms with E-state index >= 15 is 0 Å². The van der Waals surface area contributed by atoms with Gasteiger partial charge in [-0.25, -0.2) is 0 Å². The maximum Gasteiger partial charge on any atom is 0.387 e. The van der Waals surface area contributed by atoms with Crippen LogP contribution in [0, 0.1) is 0 Å². The molecule has 94 valence electrons. The smallest absolute Gasteiger partial charge is 0.387 e. The van der Waals surface area contributed by atoms with E-state index in [-0.39, 0.29) is 29.9 Å². The van der Waals surface area contributed by atoms with E-state index in [1.54, 1.807) is 0 Å². The second-order valence-corrected chi connectivity index (χ2v) is 3.21. The standard InChI is InChI=1S/C11H12F2O4/c1-16-10(15)6-5-7-8(14)3-2-4-9(7)17-11(12)13/h2-4,11,14H,5-6H2,1H3. The third kappa shape index (κ3) is 3.90. The number of carbonyl (C=O) groups excluding carboxylic acids is 1. The van der Waals surface area contributed by atoms with Gasteiger partial charge in [-0.05, 0) is 18.6 Å². The first-order chi connectivity index (χ1) is 8.04. The van der Waals surface area contributed by atoms with E-state index in [4.69, 9.17) is 0 Å². The van der Waals surface area contributed by atoms with Crippen molar-refractivity contribution in [1.29, 1.82) is 0 Å². The number of alkyl halides is 2. The molecule has 0 atom stereocenters. The normalized spacial score (nSPS) is 10.4. The van der Waals surface area contributed by atoms with E-state index in [2.05, 4.69) is 9.47 Å². The van der Waals surface area contributed by atoms with Crippen LogP contribution in [0.3, 0.4) is 0 Å². The minimum absolute atomic E-state index is 0.0202. The third-order valence-electron chi connectivity index (χ3n) is 2.13. The van der Waals surface area contributed by atoms with Crippen molar-refractivity contribution in [3.05, 3.63) is 23.8 Å². The number of carbonyl (C=O) groups is 1. The van der Waals surface area contributed by atoms with E-state index in [9.17, 15) is 18.7 Å². The number of benzene rings is 1. The Balaban J connectivity index is 2.83. The van der Waals surface area contributed by atoms with Gasteiger partial charge in [0.05, 0.1) is 7.11 Å². The van der Waals surface area contributed by atoms with Crippen LogP contribution in [0.15, 0.2) is 18.2 Å². The largest absolute Gasteiger partial charge is 0.508 e. The second kappa shape index (κ2) is 6.03. The summed E-state index contributed by atoms with van der Waals surface area (Å²) in [6.07, 6.45) is 0.0507. The Hall–Kier alpha value is -1.85. The minimum Gasteiger partial charge on any atom is -0.508 e. The highest BCUT2D eigenvalue weighted by Crippen LogP contribution is 2.29. The molecular weight excluding hydrogens is 234 g/mol. The number of rotatable bonds is 5. The van der Waals surface area contributed by atoms with Crippen LogP contribution in [0.1, 0.15) is 12.0 Å². The molecule has 0 saturated carbocycles. The van der Waals surface area contributed by atoms with Crippen LogP contribution in [0.4, 0.5) is 8.78 Å². The van der Waals surface area contributed by atoms with E-state index in [0.29, 0.717) is 0 Å².